The maximum Gasteiger partial charge on any atom is 0.255 e. The highest BCUT2D eigenvalue weighted by molar-refractivity contribution is 6.36. The summed E-state index contributed by atoms with van der Waals surface area (Å²) in [4.78, 5) is 25.6. The fraction of sp³-hybridized carbons (Fsp3) is 0.467. The number of piperidine rings is 1. The topological polar surface area (TPSA) is 49.4 Å². The van der Waals surface area contributed by atoms with Crippen LogP contribution in [0.2, 0.25) is 10.0 Å². The first-order valence-corrected chi connectivity index (χ1v) is 7.80. The molecule has 114 valence electrons. The van der Waals surface area contributed by atoms with Gasteiger partial charge in [-0.05, 0) is 31.0 Å². The number of hydrogen-bond acceptors (Lipinski definition) is 2. The Hall–Kier alpha value is -1.26. The van der Waals surface area contributed by atoms with E-state index in [9.17, 15) is 9.59 Å². The summed E-state index contributed by atoms with van der Waals surface area (Å²) >= 11 is 11.9. The molecule has 1 aliphatic rings. The quantitative estimate of drug-likeness (QED) is 0.926. The Morgan fingerprint density at radius 1 is 1.29 bits per heavy atom. The lowest BCUT2D eigenvalue weighted by molar-refractivity contribution is -0.121. The third-order valence-electron chi connectivity index (χ3n) is 3.63. The fourth-order valence-electron chi connectivity index (χ4n) is 2.39. The summed E-state index contributed by atoms with van der Waals surface area (Å²) in [5.41, 5.74) is 0.470. The van der Waals surface area contributed by atoms with E-state index in [1.807, 2.05) is 6.92 Å². The largest absolute Gasteiger partial charge is 0.353 e. The van der Waals surface area contributed by atoms with Crippen molar-refractivity contribution < 1.29 is 9.59 Å². The second-order valence-electron chi connectivity index (χ2n) is 5.11. The Bertz CT molecular complexity index is 540. The van der Waals surface area contributed by atoms with Crippen LogP contribution < -0.4 is 5.32 Å². The Balaban J connectivity index is 1.95. The van der Waals surface area contributed by atoms with Crippen LogP contribution in [0.5, 0.6) is 0 Å². The van der Waals surface area contributed by atoms with Crippen molar-refractivity contribution in [2.45, 2.75) is 32.2 Å². The summed E-state index contributed by atoms with van der Waals surface area (Å²) in [5.74, 6) is -0.0301. The summed E-state index contributed by atoms with van der Waals surface area (Å²) in [6.07, 6.45) is 2.02. The number of nitrogens with one attached hydrogen (secondary N) is 1. The molecular formula is C15H18Cl2N2O2. The molecule has 4 nitrogen and oxygen atoms in total. The number of nitrogens with zero attached hydrogens (tertiary/aromatic N) is 1. The molecule has 0 bridgehead atoms. The molecule has 21 heavy (non-hydrogen) atoms. The number of likely N-dealkylation sites (tertiary alicyclic amines) is 1. The van der Waals surface area contributed by atoms with Crippen molar-refractivity contribution in [3.8, 4) is 0 Å². The highest BCUT2D eigenvalue weighted by Crippen LogP contribution is 2.23. The third kappa shape index (κ3) is 4.11. The van der Waals surface area contributed by atoms with Crippen LogP contribution in [0.25, 0.3) is 0 Å². The standard InChI is InChI=1S/C15H18Cl2N2O2/c1-2-14(20)18-11-5-7-19(8-6-11)15(21)12-4-3-10(16)9-13(12)17/h3-4,9,11H,2,5-8H2,1H3,(H,18,20). The van der Waals surface area contributed by atoms with Gasteiger partial charge in [0.2, 0.25) is 5.91 Å². The van der Waals surface area contributed by atoms with Crippen LogP contribution in [0, 0.1) is 0 Å². The summed E-state index contributed by atoms with van der Waals surface area (Å²) in [5, 5.41) is 3.85. The Morgan fingerprint density at radius 3 is 2.52 bits per heavy atom. The maximum absolute atomic E-state index is 12.4. The number of rotatable bonds is 3. The van der Waals surface area contributed by atoms with Gasteiger partial charge in [-0.15, -0.1) is 0 Å². The van der Waals surface area contributed by atoms with E-state index in [1.165, 1.54) is 0 Å². The minimum atomic E-state index is -0.0862. The average Bonchev–Trinajstić information content (AvgIpc) is 2.47. The van der Waals surface area contributed by atoms with E-state index in [0.717, 1.165) is 12.8 Å². The monoisotopic (exact) mass is 328 g/mol. The van der Waals surface area contributed by atoms with Crippen molar-refractivity contribution in [3.63, 3.8) is 0 Å². The van der Waals surface area contributed by atoms with Crippen LogP contribution in [0.4, 0.5) is 0 Å². The van der Waals surface area contributed by atoms with Crippen molar-refractivity contribution in [3.05, 3.63) is 33.8 Å². The van der Waals surface area contributed by atoms with E-state index in [-0.39, 0.29) is 17.9 Å². The van der Waals surface area contributed by atoms with Gasteiger partial charge in [0.25, 0.3) is 5.91 Å². The molecule has 1 fully saturated rings. The van der Waals surface area contributed by atoms with E-state index in [0.29, 0.717) is 35.1 Å². The first kappa shape index (κ1) is 16.1. The minimum absolute atomic E-state index is 0.0560. The normalized spacial score (nSPS) is 15.9. The fourth-order valence-corrected chi connectivity index (χ4v) is 2.88. The molecule has 0 spiro atoms. The van der Waals surface area contributed by atoms with Gasteiger partial charge in [0.1, 0.15) is 0 Å². The molecular weight excluding hydrogens is 311 g/mol. The van der Waals surface area contributed by atoms with Crippen LogP contribution >= 0.6 is 23.2 Å². The molecule has 0 unspecified atom stereocenters. The van der Waals surface area contributed by atoms with E-state index in [4.69, 9.17) is 23.2 Å². The van der Waals surface area contributed by atoms with E-state index >= 15 is 0 Å². The molecule has 1 aromatic carbocycles. The van der Waals surface area contributed by atoms with Crippen LogP contribution in [-0.2, 0) is 4.79 Å². The average molecular weight is 329 g/mol. The molecule has 0 saturated carbocycles. The first-order valence-electron chi connectivity index (χ1n) is 7.05. The zero-order valence-electron chi connectivity index (χ0n) is 11.9. The molecule has 6 heteroatoms. The number of amides is 2. The molecule has 1 N–H and O–H groups in total. The maximum atomic E-state index is 12.4. The number of carbonyl (C=O) groups excluding carboxylic acids is 2. The molecule has 1 aliphatic heterocycles. The third-order valence-corrected chi connectivity index (χ3v) is 4.18. The molecule has 0 radical (unpaired) electrons. The zero-order valence-corrected chi connectivity index (χ0v) is 13.4. The van der Waals surface area contributed by atoms with Gasteiger partial charge < -0.3 is 10.2 Å². The summed E-state index contributed by atoms with van der Waals surface area (Å²) in [6.45, 7) is 3.06. The lowest BCUT2D eigenvalue weighted by Crippen LogP contribution is -2.46. The SMILES string of the molecule is CCC(=O)NC1CCN(C(=O)c2ccc(Cl)cc2Cl)CC1. The first-order chi connectivity index (χ1) is 10.0. The van der Waals surface area contributed by atoms with Gasteiger partial charge in [0.15, 0.2) is 0 Å². The van der Waals surface area contributed by atoms with Crippen LogP contribution in [0.3, 0.4) is 0 Å². The van der Waals surface area contributed by atoms with Gasteiger partial charge in [-0.3, -0.25) is 9.59 Å². The molecule has 1 heterocycles. The highest BCUT2D eigenvalue weighted by atomic mass is 35.5. The van der Waals surface area contributed by atoms with E-state index in [1.54, 1.807) is 23.1 Å². The predicted octanol–water partition coefficient (Wildman–Crippen LogP) is 3.12. The van der Waals surface area contributed by atoms with Gasteiger partial charge in [-0.2, -0.15) is 0 Å². The van der Waals surface area contributed by atoms with Crippen molar-refractivity contribution in [1.82, 2.24) is 10.2 Å². The van der Waals surface area contributed by atoms with Crippen molar-refractivity contribution in [2.75, 3.05) is 13.1 Å². The predicted molar refractivity (Wildman–Crippen MR) is 83.8 cm³/mol. The Kier molecular flexibility index (Phi) is 5.48. The number of benzene rings is 1. The molecule has 1 saturated heterocycles. The van der Waals surface area contributed by atoms with Crippen molar-refractivity contribution in [1.29, 1.82) is 0 Å². The lowest BCUT2D eigenvalue weighted by atomic mass is 10.0. The summed E-state index contributed by atoms with van der Waals surface area (Å²) in [7, 11) is 0. The summed E-state index contributed by atoms with van der Waals surface area (Å²) in [6, 6.07) is 5.04. The van der Waals surface area contributed by atoms with Crippen LogP contribution in [0.15, 0.2) is 18.2 Å². The lowest BCUT2D eigenvalue weighted by Gasteiger charge is -2.32. The molecule has 0 aromatic heterocycles. The number of halogens is 2. The number of hydrogen-bond donors (Lipinski definition) is 1. The van der Waals surface area contributed by atoms with Gasteiger partial charge in [-0.1, -0.05) is 30.1 Å². The molecule has 0 aliphatic carbocycles. The van der Waals surface area contributed by atoms with Crippen molar-refractivity contribution in [2.24, 2.45) is 0 Å². The van der Waals surface area contributed by atoms with Crippen LogP contribution in [-0.4, -0.2) is 35.8 Å². The van der Waals surface area contributed by atoms with Crippen LogP contribution in [0.1, 0.15) is 36.5 Å². The molecule has 1 aromatic rings. The van der Waals surface area contributed by atoms with Gasteiger partial charge in [-0.25, -0.2) is 0 Å². The smallest absolute Gasteiger partial charge is 0.255 e. The minimum Gasteiger partial charge on any atom is -0.353 e. The Labute approximate surface area is 134 Å². The van der Waals surface area contributed by atoms with E-state index in [2.05, 4.69) is 5.32 Å². The van der Waals surface area contributed by atoms with Gasteiger partial charge >= 0.3 is 0 Å². The highest BCUT2D eigenvalue weighted by Gasteiger charge is 2.25. The molecule has 2 amide bonds. The summed E-state index contributed by atoms with van der Waals surface area (Å²) < 4.78 is 0. The van der Waals surface area contributed by atoms with Gasteiger partial charge in [0, 0.05) is 30.6 Å². The Morgan fingerprint density at radius 2 is 1.95 bits per heavy atom. The second kappa shape index (κ2) is 7.14. The van der Waals surface area contributed by atoms with Crippen molar-refractivity contribution >= 4 is 35.0 Å². The molecule has 2 rings (SSSR count). The van der Waals surface area contributed by atoms with Gasteiger partial charge in [0.05, 0.1) is 10.6 Å². The van der Waals surface area contributed by atoms with E-state index < -0.39 is 0 Å². The second-order valence-corrected chi connectivity index (χ2v) is 5.96. The zero-order chi connectivity index (χ0) is 15.4. The molecule has 0 atom stereocenters. The number of carbonyl (C=O) groups is 2.